The third-order valence-electron chi connectivity index (χ3n) is 1.46. The predicted molar refractivity (Wildman–Crippen MR) is 50.2 cm³/mol. The maximum atomic E-state index is 10.9. The van der Waals surface area contributed by atoms with Gasteiger partial charge in [-0.05, 0) is 13.3 Å². The molecular formula is C10H13NO3. The van der Waals surface area contributed by atoms with Crippen LogP contribution in [0.1, 0.15) is 26.2 Å². The Balaban J connectivity index is 3.48. The first kappa shape index (κ1) is 12.4. The normalized spacial score (nSPS) is 8.86. The molecule has 0 heterocycles. The highest BCUT2D eigenvalue weighted by molar-refractivity contribution is 5.87. The van der Waals surface area contributed by atoms with Crippen LogP contribution in [0, 0.1) is 11.3 Å². The van der Waals surface area contributed by atoms with Crippen molar-refractivity contribution in [3.63, 3.8) is 0 Å². The summed E-state index contributed by atoms with van der Waals surface area (Å²) in [6.45, 7) is 5.17. The molecule has 0 spiro atoms. The van der Waals surface area contributed by atoms with Gasteiger partial charge in [0.25, 0.3) is 0 Å². The van der Waals surface area contributed by atoms with Gasteiger partial charge >= 0.3 is 5.97 Å². The fourth-order valence-electron chi connectivity index (χ4n) is 0.734. The van der Waals surface area contributed by atoms with Gasteiger partial charge in [-0.25, -0.2) is 4.79 Å². The van der Waals surface area contributed by atoms with Crippen LogP contribution < -0.4 is 0 Å². The zero-order valence-corrected chi connectivity index (χ0v) is 8.21. The molecule has 0 aromatic heterocycles. The highest BCUT2D eigenvalue weighted by Gasteiger charge is 2.04. The molecule has 0 atom stereocenters. The van der Waals surface area contributed by atoms with E-state index >= 15 is 0 Å². The van der Waals surface area contributed by atoms with E-state index in [4.69, 9.17) is 10.00 Å². The lowest BCUT2D eigenvalue weighted by Crippen LogP contribution is -2.07. The molecule has 0 rings (SSSR count). The van der Waals surface area contributed by atoms with Crippen molar-refractivity contribution < 1.29 is 14.3 Å². The summed E-state index contributed by atoms with van der Waals surface area (Å²) in [7, 11) is 0. The Kier molecular flexibility index (Phi) is 6.04. The smallest absolute Gasteiger partial charge is 0.333 e. The Morgan fingerprint density at radius 3 is 2.64 bits per heavy atom. The van der Waals surface area contributed by atoms with E-state index in [-0.39, 0.29) is 25.2 Å². The van der Waals surface area contributed by atoms with Crippen LogP contribution in [0.5, 0.6) is 0 Å². The summed E-state index contributed by atoms with van der Waals surface area (Å²) in [5.74, 6) is -0.573. The molecule has 0 aliphatic rings. The molecule has 0 aliphatic heterocycles. The largest absolute Gasteiger partial charge is 0.462 e. The molecule has 0 unspecified atom stereocenters. The minimum absolute atomic E-state index is 0.0750. The van der Waals surface area contributed by atoms with E-state index in [0.29, 0.717) is 12.0 Å². The number of hydrogen-bond acceptors (Lipinski definition) is 4. The first-order chi connectivity index (χ1) is 6.57. The van der Waals surface area contributed by atoms with E-state index < -0.39 is 5.97 Å². The lowest BCUT2D eigenvalue weighted by Gasteiger charge is -2.02. The van der Waals surface area contributed by atoms with Crippen molar-refractivity contribution >= 4 is 11.8 Å². The number of ether oxygens (including phenoxy) is 1. The molecule has 0 aromatic rings. The minimum atomic E-state index is -0.447. The number of Topliss-reactive ketones (excluding diaryl/α,β-unsaturated/α-hetero) is 1. The van der Waals surface area contributed by atoms with E-state index in [9.17, 15) is 9.59 Å². The molecule has 4 heteroatoms. The zero-order valence-electron chi connectivity index (χ0n) is 8.21. The maximum Gasteiger partial charge on any atom is 0.333 e. The number of nitriles is 1. The highest BCUT2D eigenvalue weighted by atomic mass is 16.5. The Labute approximate surface area is 83.2 Å². The number of ketones is 1. The number of hydrogen-bond donors (Lipinski definition) is 0. The lowest BCUT2D eigenvalue weighted by molar-refractivity contribution is -0.139. The molecule has 0 aliphatic carbocycles. The molecular weight excluding hydrogens is 182 g/mol. The van der Waals surface area contributed by atoms with Gasteiger partial charge in [-0.15, -0.1) is 0 Å². The Hall–Kier alpha value is -1.63. The summed E-state index contributed by atoms with van der Waals surface area (Å²) >= 11 is 0. The molecule has 0 N–H and O–H groups in total. The maximum absolute atomic E-state index is 10.9. The predicted octanol–water partition coefficient (Wildman–Crippen LogP) is 1.37. The molecule has 14 heavy (non-hydrogen) atoms. The van der Waals surface area contributed by atoms with E-state index in [2.05, 4.69) is 6.58 Å². The summed E-state index contributed by atoms with van der Waals surface area (Å²) < 4.78 is 4.76. The van der Waals surface area contributed by atoms with Crippen LogP contribution in [0.3, 0.4) is 0 Å². The van der Waals surface area contributed by atoms with Crippen molar-refractivity contribution in [1.82, 2.24) is 0 Å². The molecule has 4 nitrogen and oxygen atoms in total. The summed E-state index contributed by atoms with van der Waals surface area (Å²) in [5, 5.41) is 8.19. The molecule has 0 bridgehead atoms. The van der Waals surface area contributed by atoms with Gasteiger partial charge in [0.05, 0.1) is 19.1 Å². The van der Waals surface area contributed by atoms with Crippen LogP contribution in [0.4, 0.5) is 0 Å². The number of nitrogens with zero attached hydrogens (tertiary/aromatic N) is 1. The second-order valence-corrected chi connectivity index (χ2v) is 2.89. The number of carbonyl (C=O) groups is 2. The van der Waals surface area contributed by atoms with Crippen molar-refractivity contribution in [3.05, 3.63) is 12.2 Å². The fourth-order valence-corrected chi connectivity index (χ4v) is 0.734. The molecule has 0 aromatic carbocycles. The molecule has 0 saturated heterocycles. The molecule has 0 fully saturated rings. The van der Waals surface area contributed by atoms with E-state index in [1.165, 1.54) is 0 Å². The van der Waals surface area contributed by atoms with Crippen LogP contribution in [0.15, 0.2) is 12.2 Å². The van der Waals surface area contributed by atoms with Crippen molar-refractivity contribution in [2.45, 2.75) is 26.2 Å². The van der Waals surface area contributed by atoms with Gasteiger partial charge in [0, 0.05) is 12.0 Å². The van der Waals surface area contributed by atoms with E-state index in [1.54, 1.807) is 13.0 Å². The second kappa shape index (κ2) is 6.84. The van der Waals surface area contributed by atoms with Crippen molar-refractivity contribution in [1.29, 1.82) is 5.26 Å². The van der Waals surface area contributed by atoms with Crippen LogP contribution in [-0.2, 0) is 14.3 Å². The third kappa shape index (κ3) is 5.95. The van der Waals surface area contributed by atoms with Crippen LogP contribution >= 0.6 is 0 Å². The summed E-state index contributed by atoms with van der Waals surface area (Å²) in [4.78, 5) is 21.7. The average molecular weight is 195 g/mol. The standard InChI is InChI=1S/C10H13NO3/c1-8(2)10(13)14-7-3-4-9(12)5-6-11/h1,3-5,7H2,2H3. The first-order valence-electron chi connectivity index (χ1n) is 4.29. The first-order valence-corrected chi connectivity index (χ1v) is 4.29. The van der Waals surface area contributed by atoms with Gasteiger partial charge in [0.1, 0.15) is 5.78 Å². The fraction of sp³-hybridized carbons (Fsp3) is 0.500. The topological polar surface area (TPSA) is 67.2 Å². The van der Waals surface area contributed by atoms with Crippen molar-refractivity contribution in [2.75, 3.05) is 6.61 Å². The Morgan fingerprint density at radius 1 is 1.50 bits per heavy atom. The number of carbonyl (C=O) groups excluding carboxylic acids is 2. The minimum Gasteiger partial charge on any atom is -0.462 e. The Bertz CT molecular complexity index is 276. The third-order valence-corrected chi connectivity index (χ3v) is 1.46. The summed E-state index contributed by atoms with van der Waals surface area (Å²) in [6, 6.07) is 1.76. The number of rotatable bonds is 6. The number of esters is 1. The summed E-state index contributed by atoms with van der Waals surface area (Å²) in [6.07, 6.45) is 0.658. The van der Waals surface area contributed by atoms with Crippen LogP contribution in [0.25, 0.3) is 0 Å². The lowest BCUT2D eigenvalue weighted by atomic mass is 10.2. The van der Waals surface area contributed by atoms with Gasteiger partial charge < -0.3 is 4.74 Å². The average Bonchev–Trinajstić information content (AvgIpc) is 2.12. The molecule has 0 amide bonds. The zero-order chi connectivity index (χ0) is 11.0. The van der Waals surface area contributed by atoms with Crippen LogP contribution in [0.2, 0.25) is 0 Å². The van der Waals surface area contributed by atoms with Gasteiger partial charge in [-0.3, -0.25) is 4.79 Å². The van der Waals surface area contributed by atoms with Gasteiger partial charge in [-0.1, -0.05) is 6.58 Å². The Morgan fingerprint density at radius 2 is 2.14 bits per heavy atom. The second-order valence-electron chi connectivity index (χ2n) is 2.89. The SMILES string of the molecule is C=C(C)C(=O)OCCCC(=O)CC#N. The molecule has 76 valence electrons. The van der Waals surface area contributed by atoms with Crippen molar-refractivity contribution in [2.24, 2.45) is 0 Å². The van der Waals surface area contributed by atoms with Gasteiger partial charge in [-0.2, -0.15) is 5.26 Å². The van der Waals surface area contributed by atoms with Crippen molar-refractivity contribution in [3.8, 4) is 6.07 Å². The van der Waals surface area contributed by atoms with E-state index in [1.807, 2.05) is 0 Å². The molecule has 0 saturated carbocycles. The highest BCUT2D eigenvalue weighted by Crippen LogP contribution is 1.98. The quantitative estimate of drug-likeness (QED) is 0.364. The van der Waals surface area contributed by atoms with Gasteiger partial charge in [0.2, 0.25) is 0 Å². The van der Waals surface area contributed by atoms with Crippen LogP contribution in [-0.4, -0.2) is 18.4 Å². The summed E-state index contributed by atoms with van der Waals surface area (Å²) in [5.41, 5.74) is 0.341. The monoisotopic (exact) mass is 195 g/mol. The van der Waals surface area contributed by atoms with E-state index in [0.717, 1.165) is 0 Å². The molecule has 0 radical (unpaired) electrons. The van der Waals surface area contributed by atoms with Gasteiger partial charge in [0.15, 0.2) is 0 Å².